The van der Waals surface area contributed by atoms with Crippen LogP contribution in [0.5, 0.6) is 0 Å². The fourth-order valence-electron chi connectivity index (χ4n) is 2.30. The summed E-state index contributed by atoms with van der Waals surface area (Å²) in [5, 5.41) is 3.37. The topological polar surface area (TPSA) is 43.0 Å². The number of furan rings is 1. The van der Waals surface area contributed by atoms with E-state index in [0.717, 1.165) is 17.1 Å². The maximum atomic E-state index is 13.2. The molecule has 0 bridgehead atoms. The molecule has 0 aliphatic carbocycles. The number of halogens is 1. The summed E-state index contributed by atoms with van der Waals surface area (Å²) in [6.45, 7) is 0.524. The molecule has 0 radical (unpaired) electrons. The lowest BCUT2D eigenvalue weighted by Crippen LogP contribution is -2.24. The molecule has 1 N–H and O–H groups in total. The molecule has 4 nitrogen and oxygen atoms in total. The molecule has 0 aliphatic heterocycles. The molecule has 0 saturated carbocycles. The summed E-state index contributed by atoms with van der Waals surface area (Å²) in [5.74, 6) is 1.39. The van der Waals surface area contributed by atoms with Crippen molar-refractivity contribution in [1.82, 2.24) is 14.9 Å². The van der Waals surface area contributed by atoms with Crippen molar-refractivity contribution in [3.05, 3.63) is 78.0 Å². The molecule has 21 heavy (non-hydrogen) atoms. The number of rotatable bonds is 5. The van der Waals surface area contributed by atoms with Crippen molar-refractivity contribution in [3.8, 4) is 0 Å². The number of aryl methyl sites for hydroxylation is 1. The molecule has 1 aromatic carbocycles. The van der Waals surface area contributed by atoms with E-state index in [1.807, 2.05) is 36.0 Å². The van der Waals surface area contributed by atoms with Crippen LogP contribution in [-0.4, -0.2) is 9.55 Å². The van der Waals surface area contributed by atoms with Gasteiger partial charge in [-0.15, -0.1) is 0 Å². The third kappa shape index (κ3) is 3.03. The van der Waals surface area contributed by atoms with Crippen LogP contribution >= 0.6 is 0 Å². The molecule has 0 amide bonds. The highest BCUT2D eigenvalue weighted by Gasteiger charge is 2.20. The van der Waals surface area contributed by atoms with Gasteiger partial charge >= 0.3 is 0 Å². The Kier molecular flexibility index (Phi) is 3.83. The lowest BCUT2D eigenvalue weighted by molar-refractivity contribution is 0.429. The highest BCUT2D eigenvalue weighted by Crippen LogP contribution is 2.21. The zero-order valence-electron chi connectivity index (χ0n) is 11.7. The van der Waals surface area contributed by atoms with E-state index in [0.29, 0.717) is 6.54 Å². The van der Waals surface area contributed by atoms with Gasteiger partial charge in [0.1, 0.15) is 23.4 Å². The fraction of sp³-hybridized carbons (Fsp3) is 0.188. The quantitative estimate of drug-likeness (QED) is 0.783. The van der Waals surface area contributed by atoms with Gasteiger partial charge in [-0.25, -0.2) is 9.37 Å². The first-order chi connectivity index (χ1) is 10.2. The summed E-state index contributed by atoms with van der Waals surface area (Å²) in [6.07, 6.45) is 5.26. The van der Waals surface area contributed by atoms with E-state index in [4.69, 9.17) is 4.42 Å². The van der Waals surface area contributed by atoms with Crippen LogP contribution in [0.1, 0.15) is 23.2 Å². The average Bonchev–Trinajstić information content (AvgIpc) is 3.12. The van der Waals surface area contributed by atoms with Crippen LogP contribution in [0.3, 0.4) is 0 Å². The predicted octanol–water partition coefficient (Wildman–Crippen LogP) is 3.03. The highest BCUT2D eigenvalue weighted by atomic mass is 19.1. The van der Waals surface area contributed by atoms with Gasteiger partial charge in [-0.2, -0.15) is 0 Å². The minimum atomic E-state index is -0.235. The Balaban J connectivity index is 1.82. The van der Waals surface area contributed by atoms with Crippen LogP contribution in [-0.2, 0) is 13.6 Å². The molecule has 5 heteroatoms. The van der Waals surface area contributed by atoms with Gasteiger partial charge in [0.15, 0.2) is 0 Å². The second-order valence-corrected chi connectivity index (χ2v) is 4.86. The van der Waals surface area contributed by atoms with Crippen LogP contribution in [0.4, 0.5) is 4.39 Å². The van der Waals surface area contributed by atoms with Crippen LogP contribution in [0.2, 0.25) is 0 Å². The average molecular weight is 285 g/mol. The Morgan fingerprint density at radius 1 is 1.33 bits per heavy atom. The summed E-state index contributed by atoms with van der Waals surface area (Å²) < 4.78 is 20.7. The molecule has 1 unspecified atom stereocenters. The molecule has 1 atom stereocenters. The number of aromatic nitrogens is 2. The lowest BCUT2D eigenvalue weighted by atomic mass is 10.1. The van der Waals surface area contributed by atoms with Crippen LogP contribution < -0.4 is 5.32 Å². The first-order valence-corrected chi connectivity index (χ1v) is 6.72. The normalized spacial score (nSPS) is 12.5. The van der Waals surface area contributed by atoms with Gasteiger partial charge in [0.25, 0.3) is 0 Å². The van der Waals surface area contributed by atoms with E-state index in [1.54, 1.807) is 18.5 Å². The number of nitrogens with zero attached hydrogens (tertiary/aromatic N) is 2. The molecular formula is C16H16FN3O. The lowest BCUT2D eigenvalue weighted by Gasteiger charge is -2.16. The van der Waals surface area contributed by atoms with Crippen molar-refractivity contribution in [2.24, 2.45) is 7.05 Å². The first-order valence-electron chi connectivity index (χ1n) is 6.72. The van der Waals surface area contributed by atoms with Crippen molar-refractivity contribution < 1.29 is 8.81 Å². The molecule has 0 aliphatic rings. The predicted molar refractivity (Wildman–Crippen MR) is 77.0 cm³/mol. The standard InChI is InChI=1S/C16H16FN3O/c1-20-8-7-18-16(20)15(14-6-3-9-21-14)19-11-12-4-2-5-13(17)10-12/h2-10,15,19H,11H2,1H3. The van der Waals surface area contributed by atoms with Crippen LogP contribution in [0, 0.1) is 5.82 Å². The first kappa shape index (κ1) is 13.6. The number of hydrogen-bond acceptors (Lipinski definition) is 3. The molecule has 0 saturated heterocycles. The van der Waals surface area contributed by atoms with Crippen molar-refractivity contribution >= 4 is 0 Å². The van der Waals surface area contributed by atoms with Crippen LogP contribution in [0.15, 0.2) is 59.5 Å². The second-order valence-electron chi connectivity index (χ2n) is 4.86. The van der Waals surface area contributed by atoms with E-state index in [9.17, 15) is 4.39 Å². The minimum Gasteiger partial charge on any atom is -0.467 e. The smallest absolute Gasteiger partial charge is 0.133 e. The largest absolute Gasteiger partial charge is 0.467 e. The number of hydrogen-bond donors (Lipinski definition) is 1. The van der Waals surface area contributed by atoms with Gasteiger partial charge in [-0.05, 0) is 29.8 Å². The van der Waals surface area contributed by atoms with E-state index in [1.165, 1.54) is 12.1 Å². The zero-order chi connectivity index (χ0) is 14.7. The molecule has 108 valence electrons. The number of imidazole rings is 1. The summed E-state index contributed by atoms with van der Waals surface area (Å²) in [4.78, 5) is 4.37. The monoisotopic (exact) mass is 285 g/mol. The van der Waals surface area contributed by atoms with Gasteiger partial charge in [0.2, 0.25) is 0 Å². The van der Waals surface area contributed by atoms with Gasteiger partial charge in [-0.3, -0.25) is 5.32 Å². The summed E-state index contributed by atoms with van der Waals surface area (Å²) in [5.41, 5.74) is 0.876. The van der Waals surface area contributed by atoms with Crippen molar-refractivity contribution in [2.75, 3.05) is 0 Å². The minimum absolute atomic E-state index is 0.178. The van der Waals surface area contributed by atoms with Crippen LogP contribution in [0.25, 0.3) is 0 Å². The van der Waals surface area contributed by atoms with Gasteiger partial charge in [-0.1, -0.05) is 12.1 Å². The molecule has 2 heterocycles. The third-order valence-electron chi connectivity index (χ3n) is 3.34. The van der Waals surface area contributed by atoms with E-state index in [2.05, 4.69) is 10.3 Å². The molecule has 0 spiro atoms. The fourth-order valence-corrected chi connectivity index (χ4v) is 2.30. The zero-order valence-corrected chi connectivity index (χ0v) is 11.7. The van der Waals surface area contributed by atoms with Crippen molar-refractivity contribution in [3.63, 3.8) is 0 Å². The molecule has 2 aromatic heterocycles. The molecule has 3 aromatic rings. The Morgan fingerprint density at radius 3 is 2.90 bits per heavy atom. The maximum absolute atomic E-state index is 13.2. The van der Waals surface area contributed by atoms with Crippen molar-refractivity contribution in [2.45, 2.75) is 12.6 Å². The molecular weight excluding hydrogens is 269 g/mol. The Hall–Kier alpha value is -2.40. The van der Waals surface area contributed by atoms with E-state index < -0.39 is 0 Å². The third-order valence-corrected chi connectivity index (χ3v) is 3.34. The summed E-state index contributed by atoms with van der Waals surface area (Å²) >= 11 is 0. The SMILES string of the molecule is Cn1ccnc1C(NCc1cccc(F)c1)c1ccco1. The van der Waals surface area contributed by atoms with Gasteiger partial charge < -0.3 is 8.98 Å². The number of benzene rings is 1. The van der Waals surface area contributed by atoms with E-state index in [-0.39, 0.29) is 11.9 Å². The Bertz CT molecular complexity index is 706. The Morgan fingerprint density at radius 2 is 2.24 bits per heavy atom. The molecule has 0 fully saturated rings. The second kappa shape index (κ2) is 5.93. The Labute approximate surface area is 122 Å². The highest BCUT2D eigenvalue weighted by molar-refractivity contribution is 5.19. The van der Waals surface area contributed by atoms with Gasteiger partial charge in [0.05, 0.1) is 6.26 Å². The maximum Gasteiger partial charge on any atom is 0.133 e. The van der Waals surface area contributed by atoms with E-state index >= 15 is 0 Å². The van der Waals surface area contributed by atoms with Crippen molar-refractivity contribution in [1.29, 1.82) is 0 Å². The van der Waals surface area contributed by atoms with Gasteiger partial charge in [0, 0.05) is 26.0 Å². The summed E-state index contributed by atoms with van der Waals surface area (Å²) in [7, 11) is 1.93. The number of nitrogens with one attached hydrogen (secondary N) is 1. The summed E-state index contributed by atoms with van der Waals surface area (Å²) in [6, 6.07) is 10.1. The molecule has 3 rings (SSSR count).